The first-order valence-electron chi connectivity index (χ1n) is 13.3. The van der Waals surface area contributed by atoms with E-state index in [1.54, 1.807) is 67.1 Å². The van der Waals surface area contributed by atoms with Gasteiger partial charge in [-0.25, -0.2) is 9.78 Å². The van der Waals surface area contributed by atoms with Gasteiger partial charge < -0.3 is 14.8 Å². The summed E-state index contributed by atoms with van der Waals surface area (Å²) in [6.07, 6.45) is 3.46. The molecular weight excluding hydrogens is 550 g/mol. The highest BCUT2D eigenvalue weighted by Gasteiger charge is 2.30. The van der Waals surface area contributed by atoms with Crippen molar-refractivity contribution in [3.8, 4) is 22.6 Å². The van der Waals surface area contributed by atoms with Crippen molar-refractivity contribution in [3.63, 3.8) is 0 Å². The quantitative estimate of drug-likeness (QED) is 0.305. The first-order valence-corrected chi connectivity index (χ1v) is 13.7. The summed E-state index contributed by atoms with van der Waals surface area (Å²) in [7, 11) is 1.76. The van der Waals surface area contributed by atoms with Crippen LogP contribution in [0.1, 0.15) is 43.3 Å². The van der Waals surface area contributed by atoms with Crippen molar-refractivity contribution >= 4 is 29.5 Å². The second-order valence-electron chi connectivity index (χ2n) is 9.44. The molecule has 1 aliphatic rings. The van der Waals surface area contributed by atoms with Crippen molar-refractivity contribution in [2.75, 3.05) is 24.6 Å². The molecule has 1 aromatic carbocycles. The topological polar surface area (TPSA) is 142 Å². The van der Waals surface area contributed by atoms with Gasteiger partial charge in [0.1, 0.15) is 5.69 Å². The molecular formula is C27H30ClN9O4. The van der Waals surface area contributed by atoms with Gasteiger partial charge in [0.25, 0.3) is 5.91 Å². The van der Waals surface area contributed by atoms with E-state index in [0.29, 0.717) is 34.5 Å². The fraction of sp³-hybridized carbons (Fsp3) is 0.370. The largest absolute Gasteiger partial charge is 0.510 e. The minimum absolute atomic E-state index is 0.0778. The number of nitrogens with one attached hydrogen (secondary N) is 1. The summed E-state index contributed by atoms with van der Waals surface area (Å²) in [5.74, 6) is 0.598. The Morgan fingerprint density at radius 1 is 1.24 bits per heavy atom. The van der Waals surface area contributed by atoms with Crippen LogP contribution in [-0.2, 0) is 16.5 Å². The first-order chi connectivity index (χ1) is 19.9. The van der Waals surface area contributed by atoms with Crippen LogP contribution < -0.4 is 10.2 Å². The van der Waals surface area contributed by atoms with E-state index in [1.807, 2.05) is 12.1 Å². The molecule has 0 unspecified atom stereocenters. The van der Waals surface area contributed by atoms with Crippen LogP contribution >= 0.6 is 11.6 Å². The van der Waals surface area contributed by atoms with E-state index in [4.69, 9.17) is 21.1 Å². The highest BCUT2D eigenvalue weighted by Crippen LogP contribution is 2.33. The van der Waals surface area contributed by atoms with E-state index in [9.17, 15) is 9.59 Å². The van der Waals surface area contributed by atoms with Crippen LogP contribution in [0.3, 0.4) is 0 Å². The number of carbonyl (C=O) groups is 2. The Hall–Kier alpha value is -4.36. The van der Waals surface area contributed by atoms with Crippen LogP contribution in [0.2, 0.25) is 5.02 Å². The van der Waals surface area contributed by atoms with Crippen molar-refractivity contribution in [1.82, 2.24) is 40.3 Å². The summed E-state index contributed by atoms with van der Waals surface area (Å²) >= 11 is 6.48. The number of pyridine rings is 1. The number of carbonyl (C=O) groups excluding carboxylic acids is 2. The zero-order valence-electron chi connectivity index (χ0n) is 22.9. The number of nitrogens with zero attached hydrogens (tertiary/aromatic N) is 8. The number of hydrogen-bond donors (Lipinski definition) is 1. The Morgan fingerprint density at radius 2 is 2.05 bits per heavy atom. The third-order valence-corrected chi connectivity index (χ3v) is 7.08. The standard InChI is InChI=1S/C27H30ClN9O4/c1-4-40-27(39)41-17(2)37-25(32-33-34-37)23-21(16-31-35(23)3)18-9-11-19(12-10-18)26(38)36(20-7-5-13-29-15-20)24-22(28)8-6-14-30-24/h6,8-12,14,16-17,20,29H,4-5,7,13,15H2,1-3H3/t17-,20+/m0/s1. The number of aromatic nitrogens is 7. The van der Waals surface area contributed by atoms with Gasteiger partial charge >= 0.3 is 6.16 Å². The third kappa shape index (κ3) is 5.91. The monoisotopic (exact) mass is 579 g/mol. The molecule has 41 heavy (non-hydrogen) atoms. The van der Waals surface area contributed by atoms with E-state index in [-0.39, 0.29) is 18.6 Å². The highest BCUT2D eigenvalue weighted by atomic mass is 35.5. The first kappa shape index (κ1) is 28.2. The summed E-state index contributed by atoms with van der Waals surface area (Å²) in [6, 6.07) is 10.6. The molecule has 4 heterocycles. The minimum atomic E-state index is -0.833. The SMILES string of the molecule is CCOC(=O)O[C@@H](C)n1nnnc1-c1c(-c2ccc(C(=O)N(c3ncccc3Cl)[C@@H]3CCCNC3)cc2)cnn1C. The molecule has 0 saturated carbocycles. The Bertz CT molecular complexity index is 1520. The maximum absolute atomic E-state index is 13.9. The van der Waals surface area contributed by atoms with E-state index in [2.05, 4.69) is 30.9 Å². The molecule has 0 bridgehead atoms. The lowest BCUT2D eigenvalue weighted by molar-refractivity contribution is 0.00140. The molecule has 214 valence electrons. The predicted molar refractivity (Wildman–Crippen MR) is 150 cm³/mol. The van der Waals surface area contributed by atoms with Crippen LogP contribution in [0.5, 0.6) is 0 Å². The zero-order chi connectivity index (χ0) is 28.9. The minimum Gasteiger partial charge on any atom is -0.435 e. The molecule has 0 aliphatic carbocycles. The Labute approximate surface area is 241 Å². The molecule has 2 atom stereocenters. The van der Waals surface area contributed by atoms with Crippen LogP contribution in [0.4, 0.5) is 10.6 Å². The lowest BCUT2D eigenvalue weighted by Gasteiger charge is -2.34. The van der Waals surface area contributed by atoms with Gasteiger partial charge in [-0.05, 0) is 73.5 Å². The molecule has 1 N–H and O–H groups in total. The molecule has 5 rings (SSSR count). The van der Waals surface area contributed by atoms with Gasteiger partial charge in [-0.3, -0.25) is 14.4 Å². The molecule has 1 amide bonds. The lowest BCUT2D eigenvalue weighted by atomic mass is 10.0. The lowest BCUT2D eigenvalue weighted by Crippen LogP contribution is -2.49. The van der Waals surface area contributed by atoms with E-state index in [0.717, 1.165) is 30.5 Å². The van der Waals surface area contributed by atoms with Crippen LogP contribution in [-0.4, -0.2) is 72.8 Å². The number of hydrogen-bond acceptors (Lipinski definition) is 10. The van der Waals surface area contributed by atoms with Gasteiger partial charge in [0.2, 0.25) is 5.82 Å². The number of piperidine rings is 1. The van der Waals surface area contributed by atoms with Crippen molar-refractivity contribution in [1.29, 1.82) is 0 Å². The number of rotatable bonds is 8. The fourth-order valence-corrected chi connectivity index (χ4v) is 5.04. The predicted octanol–water partition coefficient (Wildman–Crippen LogP) is 3.88. The van der Waals surface area contributed by atoms with Gasteiger partial charge in [-0.2, -0.15) is 9.78 Å². The second kappa shape index (κ2) is 12.4. The molecule has 1 saturated heterocycles. The van der Waals surface area contributed by atoms with Gasteiger partial charge in [-0.15, -0.1) is 5.10 Å². The fourth-order valence-electron chi connectivity index (χ4n) is 4.82. The number of ether oxygens (including phenoxy) is 2. The molecule has 13 nitrogen and oxygen atoms in total. The van der Waals surface area contributed by atoms with Crippen LogP contribution in [0, 0.1) is 0 Å². The molecule has 1 aliphatic heterocycles. The van der Waals surface area contributed by atoms with Gasteiger partial charge in [0.05, 0.1) is 23.9 Å². The molecule has 1 fully saturated rings. The summed E-state index contributed by atoms with van der Waals surface area (Å²) < 4.78 is 13.2. The molecule has 3 aromatic heterocycles. The summed E-state index contributed by atoms with van der Waals surface area (Å²) in [4.78, 5) is 31.8. The molecule has 14 heteroatoms. The average Bonchev–Trinajstić information content (AvgIpc) is 3.61. The summed E-state index contributed by atoms with van der Waals surface area (Å²) in [5, 5.41) is 20.1. The number of aryl methyl sites for hydroxylation is 1. The summed E-state index contributed by atoms with van der Waals surface area (Å²) in [5.41, 5.74) is 2.61. The number of tetrazole rings is 1. The van der Waals surface area contributed by atoms with Crippen molar-refractivity contribution in [2.45, 2.75) is 39.0 Å². The Kier molecular flexibility index (Phi) is 8.55. The van der Waals surface area contributed by atoms with E-state index >= 15 is 0 Å². The van der Waals surface area contributed by atoms with Crippen LogP contribution in [0.15, 0.2) is 48.8 Å². The maximum Gasteiger partial charge on any atom is 0.510 e. The third-order valence-electron chi connectivity index (χ3n) is 6.78. The molecule has 0 spiro atoms. The summed E-state index contributed by atoms with van der Waals surface area (Å²) in [6.45, 7) is 5.07. The maximum atomic E-state index is 13.9. The smallest absolute Gasteiger partial charge is 0.435 e. The number of amides is 1. The second-order valence-corrected chi connectivity index (χ2v) is 9.85. The van der Waals surface area contributed by atoms with E-state index in [1.165, 1.54) is 4.68 Å². The number of halogens is 1. The van der Waals surface area contributed by atoms with Gasteiger partial charge in [0.15, 0.2) is 12.0 Å². The Balaban J connectivity index is 1.44. The number of benzene rings is 1. The van der Waals surface area contributed by atoms with Crippen molar-refractivity contribution in [3.05, 3.63) is 59.4 Å². The van der Waals surface area contributed by atoms with Gasteiger partial charge in [-0.1, -0.05) is 23.7 Å². The van der Waals surface area contributed by atoms with E-state index < -0.39 is 12.4 Å². The zero-order valence-corrected chi connectivity index (χ0v) is 23.7. The van der Waals surface area contributed by atoms with Crippen molar-refractivity contribution in [2.24, 2.45) is 7.05 Å². The molecule has 0 radical (unpaired) electrons. The highest BCUT2D eigenvalue weighted by molar-refractivity contribution is 6.33. The number of anilines is 1. The Morgan fingerprint density at radius 3 is 2.76 bits per heavy atom. The normalized spacial score (nSPS) is 15.8. The molecule has 4 aromatic rings. The van der Waals surface area contributed by atoms with Gasteiger partial charge in [0, 0.05) is 30.9 Å². The average molecular weight is 580 g/mol. The van der Waals surface area contributed by atoms with Crippen LogP contribution in [0.25, 0.3) is 22.6 Å². The van der Waals surface area contributed by atoms with Crippen molar-refractivity contribution < 1.29 is 19.1 Å².